The van der Waals surface area contributed by atoms with Gasteiger partial charge in [-0.25, -0.2) is 0 Å². The van der Waals surface area contributed by atoms with Crippen molar-refractivity contribution in [1.29, 1.82) is 0 Å². The van der Waals surface area contributed by atoms with Gasteiger partial charge in [0.15, 0.2) is 0 Å². The minimum atomic E-state index is 0.0598. The van der Waals surface area contributed by atoms with Crippen LogP contribution >= 0.6 is 23.2 Å². The van der Waals surface area contributed by atoms with E-state index in [9.17, 15) is 0 Å². The Labute approximate surface area is 110 Å². The molecule has 1 atom stereocenters. The van der Waals surface area contributed by atoms with E-state index in [0.717, 1.165) is 12.1 Å². The smallest absolute Gasteiger partial charge is 0.141 e. The Hall–Kier alpha value is -1.13. The second-order valence-corrected chi connectivity index (χ2v) is 4.51. The number of benzene rings is 1. The van der Waals surface area contributed by atoms with Gasteiger partial charge in [0.05, 0.1) is 10.7 Å². The van der Waals surface area contributed by atoms with E-state index in [1.807, 2.05) is 6.92 Å². The number of nitrogens with zero attached hydrogens (tertiary/aromatic N) is 1. The highest BCUT2D eigenvalue weighted by atomic mass is 35.5. The summed E-state index contributed by atoms with van der Waals surface area (Å²) in [6.45, 7) is 2.01. The molecule has 4 nitrogen and oxygen atoms in total. The molecular formula is C11H15Cl2N3O. The Bertz CT molecular complexity index is 410. The molecule has 1 aromatic rings. The number of anilines is 1. The number of halogens is 2. The summed E-state index contributed by atoms with van der Waals surface area (Å²) in [6, 6.07) is 5.29. The van der Waals surface area contributed by atoms with E-state index in [0.29, 0.717) is 16.5 Å². The summed E-state index contributed by atoms with van der Waals surface area (Å²) in [7, 11) is 0. The lowest BCUT2D eigenvalue weighted by Gasteiger charge is -2.18. The molecule has 0 spiro atoms. The van der Waals surface area contributed by atoms with Crippen molar-refractivity contribution in [2.45, 2.75) is 25.8 Å². The molecule has 0 aliphatic rings. The molecule has 6 heteroatoms. The topological polar surface area (TPSA) is 70.6 Å². The van der Waals surface area contributed by atoms with Crippen LogP contribution in [-0.2, 0) is 0 Å². The van der Waals surface area contributed by atoms with E-state index in [2.05, 4.69) is 10.5 Å². The number of hydrogen-bond acceptors (Lipinski definition) is 3. The summed E-state index contributed by atoms with van der Waals surface area (Å²) in [5, 5.41) is 15.8. The molecule has 0 amide bonds. The highest BCUT2D eigenvalue weighted by Gasteiger charge is 2.10. The maximum absolute atomic E-state index is 8.53. The SMILES string of the molecule is CCC(CC(N)=NO)Nc1ccc(Cl)cc1Cl. The molecule has 0 radical (unpaired) electrons. The van der Waals surface area contributed by atoms with Gasteiger partial charge in [-0.3, -0.25) is 0 Å². The summed E-state index contributed by atoms with van der Waals surface area (Å²) in [5.41, 5.74) is 6.26. The molecule has 1 unspecified atom stereocenters. The molecule has 0 bridgehead atoms. The maximum atomic E-state index is 8.53. The summed E-state index contributed by atoms with van der Waals surface area (Å²) in [4.78, 5) is 0. The van der Waals surface area contributed by atoms with Crippen molar-refractivity contribution in [2.75, 3.05) is 5.32 Å². The summed E-state index contributed by atoms with van der Waals surface area (Å²) in [5.74, 6) is 0.189. The molecule has 0 heterocycles. The predicted octanol–water partition coefficient (Wildman–Crippen LogP) is 3.32. The number of hydrogen-bond donors (Lipinski definition) is 3. The number of nitrogens with one attached hydrogen (secondary N) is 1. The van der Waals surface area contributed by atoms with Gasteiger partial charge in [-0.05, 0) is 24.6 Å². The van der Waals surface area contributed by atoms with Crippen LogP contribution in [0.4, 0.5) is 5.69 Å². The van der Waals surface area contributed by atoms with Crippen molar-refractivity contribution in [3.05, 3.63) is 28.2 Å². The number of nitrogens with two attached hydrogens (primary N) is 1. The van der Waals surface area contributed by atoms with Crippen LogP contribution in [0.1, 0.15) is 19.8 Å². The zero-order valence-corrected chi connectivity index (χ0v) is 11.0. The monoisotopic (exact) mass is 275 g/mol. The van der Waals surface area contributed by atoms with Crippen LogP contribution in [0, 0.1) is 0 Å². The van der Waals surface area contributed by atoms with Gasteiger partial charge in [-0.1, -0.05) is 35.3 Å². The molecule has 1 rings (SSSR count). The molecule has 0 aromatic heterocycles. The summed E-state index contributed by atoms with van der Waals surface area (Å²) in [6.07, 6.45) is 1.28. The summed E-state index contributed by atoms with van der Waals surface area (Å²) >= 11 is 11.9. The number of amidine groups is 1. The first-order valence-corrected chi connectivity index (χ1v) is 6.00. The number of rotatable bonds is 5. The molecule has 17 heavy (non-hydrogen) atoms. The molecule has 0 aliphatic carbocycles. The van der Waals surface area contributed by atoms with Crippen LogP contribution in [0.15, 0.2) is 23.4 Å². The highest BCUT2D eigenvalue weighted by molar-refractivity contribution is 6.36. The van der Waals surface area contributed by atoms with Crippen LogP contribution in [0.5, 0.6) is 0 Å². The normalized spacial score (nSPS) is 13.5. The van der Waals surface area contributed by atoms with Crippen molar-refractivity contribution in [2.24, 2.45) is 10.9 Å². The van der Waals surface area contributed by atoms with Crippen LogP contribution in [0.25, 0.3) is 0 Å². The van der Waals surface area contributed by atoms with Crippen molar-refractivity contribution in [3.8, 4) is 0 Å². The third kappa shape index (κ3) is 4.32. The van der Waals surface area contributed by atoms with Crippen molar-refractivity contribution in [1.82, 2.24) is 0 Å². The molecule has 0 saturated carbocycles. The van der Waals surface area contributed by atoms with Crippen molar-refractivity contribution in [3.63, 3.8) is 0 Å². The van der Waals surface area contributed by atoms with Gasteiger partial charge in [0.25, 0.3) is 0 Å². The van der Waals surface area contributed by atoms with E-state index in [1.54, 1.807) is 18.2 Å². The van der Waals surface area contributed by atoms with E-state index in [-0.39, 0.29) is 11.9 Å². The van der Waals surface area contributed by atoms with Crippen LogP contribution < -0.4 is 11.1 Å². The zero-order valence-electron chi connectivity index (χ0n) is 9.45. The van der Waals surface area contributed by atoms with Gasteiger partial charge in [-0.15, -0.1) is 0 Å². The minimum absolute atomic E-state index is 0.0598. The quantitative estimate of drug-likeness (QED) is 0.334. The van der Waals surface area contributed by atoms with E-state index in [4.69, 9.17) is 34.1 Å². The lowest BCUT2D eigenvalue weighted by atomic mass is 10.1. The number of oxime groups is 1. The minimum Gasteiger partial charge on any atom is -0.409 e. The van der Waals surface area contributed by atoms with Crippen LogP contribution in [-0.4, -0.2) is 17.1 Å². The summed E-state index contributed by atoms with van der Waals surface area (Å²) < 4.78 is 0. The Kier molecular flexibility index (Phi) is 5.38. The lowest BCUT2D eigenvalue weighted by molar-refractivity contribution is 0.316. The average Bonchev–Trinajstić information content (AvgIpc) is 2.31. The van der Waals surface area contributed by atoms with Gasteiger partial charge in [0.2, 0.25) is 0 Å². The Morgan fingerprint density at radius 1 is 1.53 bits per heavy atom. The molecule has 0 aliphatic heterocycles. The highest BCUT2D eigenvalue weighted by Crippen LogP contribution is 2.26. The predicted molar refractivity (Wildman–Crippen MR) is 72.2 cm³/mol. The lowest BCUT2D eigenvalue weighted by Crippen LogP contribution is -2.26. The molecule has 1 aromatic carbocycles. The average molecular weight is 276 g/mol. The van der Waals surface area contributed by atoms with Crippen LogP contribution in [0.2, 0.25) is 10.0 Å². The Morgan fingerprint density at radius 2 is 2.24 bits per heavy atom. The van der Waals surface area contributed by atoms with Gasteiger partial charge >= 0.3 is 0 Å². The fraction of sp³-hybridized carbons (Fsp3) is 0.364. The van der Waals surface area contributed by atoms with Crippen molar-refractivity contribution < 1.29 is 5.21 Å². The third-order valence-electron chi connectivity index (χ3n) is 2.37. The van der Waals surface area contributed by atoms with E-state index >= 15 is 0 Å². The largest absolute Gasteiger partial charge is 0.409 e. The fourth-order valence-corrected chi connectivity index (χ4v) is 1.88. The van der Waals surface area contributed by atoms with Gasteiger partial charge in [-0.2, -0.15) is 0 Å². The van der Waals surface area contributed by atoms with Gasteiger partial charge in [0.1, 0.15) is 5.84 Å². The Balaban J connectivity index is 2.73. The molecule has 4 N–H and O–H groups in total. The van der Waals surface area contributed by atoms with Crippen molar-refractivity contribution >= 4 is 34.7 Å². The zero-order chi connectivity index (χ0) is 12.8. The molecule has 94 valence electrons. The standard InChI is InChI=1S/C11H15Cl2N3O/c1-2-8(6-11(14)16-17)15-10-4-3-7(12)5-9(10)13/h3-5,8,15,17H,2,6H2,1H3,(H2,14,16). The Morgan fingerprint density at radius 3 is 2.76 bits per heavy atom. The van der Waals surface area contributed by atoms with E-state index in [1.165, 1.54) is 0 Å². The first-order valence-electron chi connectivity index (χ1n) is 5.24. The third-order valence-corrected chi connectivity index (χ3v) is 2.92. The molecular weight excluding hydrogens is 261 g/mol. The van der Waals surface area contributed by atoms with E-state index < -0.39 is 0 Å². The fourth-order valence-electron chi connectivity index (χ4n) is 1.42. The van der Waals surface area contributed by atoms with Crippen LogP contribution in [0.3, 0.4) is 0 Å². The second kappa shape index (κ2) is 6.57. The second-order valence-electron chi connectivity index (χ2n) is 3.67. The molecule has 0 saturated heterocycles. The van der Waals surface area contributed by atoms with Gasteiger partial charge in [0, 0.05) is 17.5 Å². The molecule has 0 fully saturated rings. The maximum Gasteiger partial charge on any atom is 0.141 e. The van der Waals surface area contributed by atoms with Gasteiger partial charge < -0.3 is 16.3 Å². The first kappa shape index (κ1) is 13.9. The first-order chi connectivity index (χ1) is 8.06.